The summed E-state index contributed by atoms with van der Waals surface area (Å²) in [6.07, 6.45) is 2.33. The van der Waals surface area contributed by atoms with Crippen molar-refractivity contribution < 1.29 is 9.21 Å². The highest BCUT2D eigenvalue weighted by molar-refractivity contribution is 7.99. The molecule has 1 saturated carbocycles. The third kappa shape index (κ3) is 3.08. The zero-order valence-corrected chi connectivity index (χ0v) is 15.6. The molecule has 6 nitrogen and oxygen atoms in total. The van der Waals surface area contributed by atoms with Gasteiger partial charge in [-0.2, -0.15) is 0 Å². The van der Waals surface area contributed by atoms with E-state index in [4.69, 9.17) is 4.42 Å². The summed E-state index contributed by atoms with van der Waals surface area (Å²) in [5.41, 5.74) is 2.43. The SMILES string of the molecule is Cc1nnc(SCC(=O)Nc2ccc3oc4ccccc4c3c2)n1C1CC1. The van der Waals surface area contributed by atoms with Crippen LogP contribution < -0.4 is 5.32 Å². The number of rotatable bonds is 5. The minimum atomic E-state index is -0.0600. The molecule has 0 bridgehead atoms. The largest absolute Gasteiger partial charge is 0.456 e. The van der Waals surface area contributed by atoms with Crippen LogP contribution >= 0.6 is 11.8 Å². The zero-order valence-electron chi connectivity index (χ0n) is 14.8. The van der Waals surface area contributed by atoms with Gasteiger partial charge in [0.2, 0.25) is 5.91 Å². The van der Waals surface area contributed by atoms with Crippen molar-refractivity contribution in [3.05, 3.63) is 48.3 Å². The Morgan fingerprint density at radius 1 is 1.19 bits per heavy atom. The van der Waals surface area contributed by atoms with Crippen LogP contribution in [0.25, 0.3) is 21.9 Å². The number of aryl methyl sites for hydroxylation is 1. The third-order valence-electron chi connectivity index (χ3n) is 4.74. The molecular formula is C20H18N4O2S. The highest BCUT2D eigenvalue weighted by atomic mass is 32.2. The predicted octanol–water partition coefficient (Wildman–Crippen LogP) is 4.55. The Morgan fingerprint density at radius 2 is 2.00 bits per heavy atom. The van der Waals surface area contributed by atoms with Gasteiger partial charge in [0.05, 0.1) is 5.75 Å². The van der Waals surface area contributed by atoms with Gasteiger partial charge < -0.3 is 14.3 Å². The summed E-state index contributed by atoms with van der Waals surface area (Å²) < 4.78 is 7.97. The van der Waals surface area contributed by atoms with Gasteiger partial charge >= 0.3 is 0 Å². The lowest BCUT2D eigenvalue weighted by Crippen LogP contribution is -2.14. The Kier molecular flexibility index (Phi) is 3.89. The van der Waals surface area contributed by atoms with E-state index >= 15 is 0 Å². The molecule has 0 radical (unpaired) electrons. The first-order valence-corrected chi connectivity index (χ1v) is 9.93. The molecule has 2 aromatic heterocycles. The second kappa shape index (κ2) is 6.42. The molecule has 0 unspecified atom stereocenters. The normalized spacial score (nSPS) is 14.1. The summed E-state index contributed by atoms with van der Waals surface area (Å²) in [4.78, 5) is 12.4. The van der Waals surface area contributed by atoms with Crippen LogP contribution in [0, 0.1) is 6.92 Å². The lowest BCUT2D eigenvalue weighted by Gasteiger charge is -2.07. The van der Waals surface area contributed by atoms with Crippen LogP contribution in [0.4, 0.5) is 5.69 Å². The van der Waals surface area contributed by atoms with E-state index in [0.29, 0.717) is 11.8 Å². The van der Waals surface area contributed by atoms with Gasteiger partial charge in [-0.25, -0.2) is 0 Å². The molecule has 0 aliphatic heterocycles. The Balaban J connectivity index is 1.31. The summed E-state index contributed by atoms with van der Waals surface area (Å²) in [6, 6.07) is 14.1. The van der Waals surface area contributed by atoms with Crippen molar-refractivity contribution in [1.82, 2.24) is 14.8 Å². The summed E-state index contributed by atoms with van der Waals surface area (Å²) >= 11 is 1.43. The molecule has 1 N–H and O–H groups in total. The first-order chi connectivity index (χ1) is 13.2. The highest BCUT2D eigenvalue weighted by Gasteiger charge is 2.28. The number of amides is 1. The van der Waals surface area contributed by atoms with Gasteiger partial charge in [-0.05, 0) is 44.0 Å². The van der Waals surface area contributed by atoms with Crippen molar-refractivity contribution in [2.75, 3.05) is 11.1 Å². The average Bonchev–Trinajstić information content (AvgIpc) is 3.34. The fraction of sp³-hybridized carbons (Fsp3) is 0.250. The second-order valence-corrected chi connectivity index (χ2v) is 7.72. The van der Waals surface area contributed by atoms with E-state index < -0.39 is 0 Å². The van der Waals surface area contributed by atoms with Crippen LogP contribution in [0.2, 0.25) is 0 Å². The smallest absolute Gasteiger partial charge is 0.234 e. The van der Waals surface area contributed by atoms with Gasteiger partial charge in [0, 0.05) is 22.5 Å². The maximum Gasteiger partial charge on any atom is 0.234 e. The van der Waals surface area contributed by atoms with Crippen LogP contribution in [0.3, 0.4) is 0 Å². The Bertz CT molecular complexity index is 1160. The molecule has 1 aliphatic carbocycles. The van der Waals surface area contributed by atoms with Gasteiger partial charge in [-0.3, -0.25) is 4.79 Å². The Labute approximate surface area is 159 Å². The monoisotopic (exact) mass is 378 g/mol. The number of fused-ring (bicyclic) bond motifs is 3. The van der Waals surface area contributed by atoms with Crippen molar-refractivity contribution in [2.45, 2.75) is 31.0 Å². The van der Waals surface area contributed by atoms with Crippen LogP contribution in [0.5, 0.6) is 0 Å². The molecule has 4 aromatic rings. The topological polar surface area (TPSA) is 73.0 Å². The standard InChI is InChI=1S/C20H18N4O2S/c1-12-22-23-20(24(12)14-7-8-14)27-11-19(25)21-13-6-9-18-16(10-13)15-4-2-3-5-17(15)26-18/h2-6,9-10,14H,7-8,11H2,1H3,(H,21,25). The number of nitrogens with one attached hydrogen (secondary N) is 1. The molecule has 136 valence electrons. The Hall–Kier alpha value is -2.80. The molecule has 7 heteroatoms. The first-order valence-electron chi connectivity index (χ1n) is 8.94. The van der Waals surface area contributed by atoms with Crippen molar-refractivity contribution in [3.8, 4) is 0 Å². The predicted molar refractivity (Wildman–Crippen MR) is 106 cm³/mol. The third-order valence-corrected chi connectivity index (χ3v) is 5.68. The number of nitrogens with zero attached hydrogens (tertiary/aromatic N) is 3. The van der Waals surface area contributed by atoms with E-state index in [1.807, 2.05) is 49.4 Å². The fourth-order valence-corrected chi connectivity index (χ4v) is 4.18. The van der Waals surface area contributed by atoms with E-state index in [9.17, 15) is 4.79 Å². The number of furan rings is 1. The maximum absolute atomic E-state index is 12.4. The van der Waals surface area contributed by atoms with Gasteiger partial charge in [0.25, 0.3) is 0 Å². The fourth-order valence-electron chi connectivity index (χ4n) is 3.33. The number of thioether (sulfide) groups is 1. The summed E-state index contributed by atoms with van der Waals surface area (Å²) in [7, 11) is 0. The van der Waals surface area contributed by atoms with E-state index in [1.54, 1.807) is 0 Å². The lowest BCUT2D eigenvalue weighted by molar-refractivity contribution is -0.113. The molecule has 2 aromatic carbocycles. The molecule has 0 spiro atoms. The number of anilines is 1. The van der Waals surface area contributed by atoms with Crippen LogP contribution in [0.15, 0.2) is 52.0 Å². The minimum Gasteiger partial charge on any atom is -0.456 e. The molecule has 1 fully saturated rings. The van der Waals surface area contributed by atoms with Crippen molar-refractivity contribution in [3.63, 3.8) is 0 Å². The van der Waals surface area contributed by atoms with Crippen LogP contribution in [0.1, 0.15) is 24.7 Å². The molecule has 2 heterocycles. The number of benzene rings is 2. The molecular weight excluding hydrogens is 360 g/mol. The molecule has 5 rings (SSSR count). The van der Waals surface area contributed by atoms with Crippen LogP contribution in [-0.2, 0) is 4.79 Å². The van der Waals surface area contributed by atoms with Gasteiger partial charge in [-0.15, -0.1) is 10.2 Å². The average molecular weight is 378 g/mol. The molecule has 0 saturated heterocycles. The van der Waals surface area contributed by atoms with Crippen molar-refractivity contribution in [2.24, 2.45) is 0 Å². The second-order valence-electron chi connectivity index (χ2n) is 6.78. The molecule has 1 amide bonds. The number of aromatic nitrogens is 3. The quantitative estimate of drug-likeness (QED) is 0.516. The van der Waals surface area contributed by atoms with Gasteiger partial charge in [-0.1, -0.05) is 30.0 Å². The van der Waals surface area contributed by atoms with Gasteiger partial charge in [0.1, 0.15) is 17.0 Å². The molecule has 0 atom stereocenters. The number of para-hydroxylation sites is 1. The zero-order chi connectivity index (χ0) is 18.4. The van der Waals surface area contributed by atoms with E-state index in [0.717, 1.165) is 51.4 Å². The lowest BCUT2D eigenvalue weighted by atomic mass is 10.1. The maximum atomic E-state index is 12.4. The molecule has 27 heavy (non-hydrogen) atoms. The van der Waals surface area contributed by atoms with E-state index in [1.165, 1.54) is 11.8 Å². The van der Waals surface area contributed by atoms with Crippen molar-refractivity contribution >= 4 is 45.3 Å². The first kappa shape index (κ1) is 16.4. The van der Waals surface area contributed by atoms with Crippen molar-refractivity contribution in [1.29, 1.82) is 0 Å². The number of carbonyl (C=O) groups is 1. The van der Waals surface area contributed by atoms with Gasteiger partial charge in [0.15, 0.2) is 5.16 Å². The van der Waals surface area contributed by atoms with E-state index in [-0.39, 0.29) is 5.91 Å². The van der Waals surface area contributed by atoms with Crippen LogP contribution in [-0.4, -0.2) is 26.4 Å². The highest BCUT2D eigenvalue weighted by Crippen LogP contribution is 2.38. The summed E-state index contributed by atoms with van der Waals surface area (Å²) in [6.45, 7) is 1.96. The number of hydrogen-bond acceptors (Lipinski definition) is 5. The Morgan fingerprint density at radius 3 is 2.85 bits per heavy atom. The summed E-state index contributed by atoms with van der Waals surface area (Å²) in [5, 5.41) is 14.2. The minimum absolute atomic E-state index is 0.0600. The molecule has 1 aliphatic rings. The summed E-state index contributed by atoms with van der Waals surface area (Å²) in [5.74, 6) is 1.16. The van der Waals surface area contributed by atoms with E-state index in [2.05, 4.69) is 20.1 Å². The number of hydrogen-bond donors (Lipinski definition) is 1. The number of carbonyl (C=O) groups excluding carboxylic acids is 1.